The number of aliphatic hydroxyl groups is 1. The van der Waals surface area contributed by atoms with Crippen LogP contribution in [0, 0.1) is 11.8 Å². The highest BCUT2D eigenvalue weighted by molar-refractivity contribution is 5.86. The maximum atomic E-state index is 13.6. The molecule has 45 heavy (non-hydrogen) atoms. The van der Waals surface area contributed by atoms with Gasteiger partial charge in [0.2, 0.25) is 11.8 Å². The van der Waals surface area contributed by atoms with Gasteiger partial charge in [0.1, 0.15) is 6.61 Å². The average Bonchev–Trinajstić information content (AvgIpc) is 3.06. The molecule has 7 nitrogen and oxygen atoms in total. The van der Waals surface area contributed by atoms with Gasteiger partial charge in [0.25, 0.3) is 0 Å². The molecule has 0 bridgehead atoms. The van der Waals surface area contributed by atoms with E-state index in [0.29, 0.717) is 19.3 Å². The Balaban J connectivity index is 1.67. The number of allylic oxidation sites excluding steroid dienone is 2. The first-order valence-corrected chi connectivity index (χ1v) is 15.6. The summed E-state index contributed by atoms with van der Waals surface area (Å²) in [6, 6.07) is 27.7. The fourth-order valence-corrected chi connectivity index (χ4v) is 5.24. The molecule has 3 rings (SSSR count). The lowest BCUT2D eigenvalue weighted by molar-refractivity contribution is -0.150. The summed E-state index contributed by atoms with van der Waals surface area (Å²) in [4.78, 5) is 39.9. The third kappa shape index (κ3) is 12.6. The monoisotopic (exact) mass is 610 g/mol. The molecule has 0 saturated heterocycles. The largest absolute Gasteiger partial charge is 0.463 e. The van der Waals surface area contributed by atoms with E-state index in [9.17, 15) is 19.5 Å². The van der Waals surface area contributed by atoms with E-state index in [2.05, 4.69) is 23.8 Å². The highest BCUT2D eigenvalue weighted by atomic mass is 16.5. The molecule has 0 unspecified atom stereocenters. The molecule has 3 N–H and O–H groups in total. The Hall–Kier alpha value is -4.49. The minimum absolute atomic E-state index is 0.0436. The van der Waals surface area contributed by atoms with Gasteiger partial charge in [-0.15, -0.1) is 13.2 Å². The van der Waals surface area contributed by atoms with E-state index in [4.69, 9.17) is 4.74 Å². The number of aliphatic hydroxyl groups excluding tert-OH is 1. The lowest BCUT2D eigenvalue weighted by Crippen LogP contribution is -2.42. The number of nitrogens with one attached hydrogen (secondary N) is 2. The summed E-state index contributed by atoms with van der Waals surface area (Å²) in [7, 11) is 0. The molecule has 3 aromatic rings. The van der Waals surface area contributed by atoms with Crippen LogP contribution in [-0.2, 0) is 32.0 Å². The van der Waals surface area contributed by atoms with Crippen LogP contribution in [0.4, 0.5) is 0 Å². The molecule has 3 aromatic carbocycles. The summed E-state index contributed by atoms with van der Waals surface area (Å²) in [6.45, 7) is 7.30. The number of amides is 2. The minimum atomic E-state index is -0.690. The zero-order valence-corrected chi connectivity index (χ0v) is 26.0. The summed E-state index contributed by atoms with van der Waals surface area (Å²) in [5, 5.41) is 15.7. The Bertz CT molecular complexity index is 1330. The zero-order chi connectivity index (χ0) is 32.3. The third-order valence-corrected chi connectivity index (χ3v) is 7.69. The maximum absolute atomic E-state index is 13.6. The fourth-order valence-electron chi connectivity index (χ4n) is 5.24. The Kier molecular flexibility index (Phi) is 15.3. The number of carbonyl (C=O) groups is 3. The second-order valence-corrected chi connectivity index (χ2v) is 11.3. The van der Waals surface area contributed by atoms with E-state index >= 15 is 0 Å². The van der Waals surface area contributed by atoms with E-state index in [1.165, 1.54) is 0 Å². The van der Waals surface area contributed by atoms with Crippen LogP contribution in [0.1, 0.15) is 54.8 Å². The van der Waals surface area contributed by atoms with Gasteiger partial charge in [-0.3, -0.25) is 14.4 Å². The van der Waals surface area contributed by atoms with Crippen molar-refractivity contribution >= 4 is 17.8 Å². The van der Waals surface area contributed by atoms with Crippen LogP contribution in [0.5, 0.6) is 0 Å². The Morgan fingerprint density at radius 3 is 1.96 bits per heavy atom. The molecule has 7 heteroatoms. The van der Waals surface area contributed by atoms with Crippen LogP contribution in [0.25, 0.3) is 0 Å². The first-order valence-electron chi connectivity index (χ1n) is 15.6. The SMILES string of the molecule is C=CCCC[C@H](Cc1ccccc1)C(=O)OC[C@H](NC(=O)[C@@H](CC=C)CC(=O)N[C@@H](CO)Cc1ccccc1)c1ccccc1. The predicted octanol–water partition coefficient (Wildman–Crippen LogP) is 5.90. The topological polar surface area (TPSA) is 105 Å². The lowest BCUT2D eigenvalue weighted by atomic mass is 9.94. The van der Waals surface area contributed by atoms with Crippen LogP contribution in [0.2, 0.25) is 0 Å². The quantitative estimate of drug-likeness (QED) is 0.0839. The van der Waals surface area contributed by atoms with Gasteiger partial charge in [0, 0.05) is 6.42 Å². The number of hydrogen-bond acceptors (Lipinski definition) is 5. The molecule has 0 aliphatic heterocycles. The van der Waals surface area contributed by atoms with Crippen molar-refractivity contribution in [2.45, 2.75) is 57.0 Å². The fraction of sp³-hybridized carbons (Fsp3) is 0.342. The Labute approximate surface area is 267 Å². The molecule has 2 amide bonds. The Morgan fingerprint density at radius 1 is 0.778 bits per heavy atom. The van der Waals surface area contributed by atoms with Crippen molar-refractivity contribution < 1.29 is 24.2 Å². The standard InChI is InChI=1S/C38H46N2O5/c1-3-5-9-23-33(24-29-17-10-6-11-18-29)38(44)45-28-35(31-21-14-8-15-22-31)40-37(43)32(16-4-2)26-36(42)39-34(27-41)25-30-19-12-7-13-20-30/h3-4,6-8,10-15,17-22,32-35,41H,1-2,5,9,16,23-28H2,(H,39,42)(H,40,43)/t32-,33+,34+,35-/m0/s1. The van der Waals surface area contributed by atoms with Crippen molar-refractivity contribution in [1.82, 2.24) is 10.6 Å². The second kappa shape index (κ2) is 19.7. The average molecular weight is 611 g/mol. The van der Waals surface area contributed by atoms with Crippen LogP contribution < -0.4 is 10.6 Å². The van der Waals surface area contributed by atoms with Crippen molar-refractivity contribution in [2.24, 2.45) is 11.8 Å². The Morgan fingerprint density at radius 2 is 1.38 bits per heavy atom. The molecule has 4 atom stereocenters. The minimum Gasteiger partial charge on any atom is -0.463 e. The van der Waals surface area contributed by atoms with E-state index in [0.717, 1.165) is 29.5 Å². The zero-order valence-electron chi connectivity index (χ0n) is 26.0. The van der Waals surface area contributed by atoms with Crippen LogP contribution in [0.15, 0.2) is 116 Å². The molecule has 0 saturated carbocycles. The number of ether oxygens (including phenoxy) is 1. The number of esters is 1. The van der Waals surface area contributed by atoms with Gasteiger partial charge < -0.3 is 20.5 Å². The summed E-state index contributed by atoms with van der Waals surface area (Å²) in [5.41, 5.74) is 2.84. The molecule has 0 radical (unpaired) electrons. The molecule has 0 aliphatic rings. The second-order valence-electron chi connectivity index (χ2n) is 11.3. The number of unbranched alkanes of at least 4 members (excludes halogenated alkanes) is 1. The molecule has 0 aromatic heterocycles. The first-order chi connectivity index (χ1) is 21.9. The van der Waals surface area contributed by atoms with E-state index < -0.39 is 18.0 Å². The molecule has 0 fully saturated rings. The highest BCUT2D eigenvalue weighted by Gasteiger charge is 2.27. The molecule has 238 valence electrons. The number of rotatable bonds is 20. The number of hydrogen-bond donors (Lipinski definition) is 3. The van der Waals surface area contributed by atoms with E-state index in [1.54, 1.807) is 6.08 Å². The van der Waals surface area contributed by atoms with Gasteiger partial charge in [-0.1, -0.05) is 103 Å². The van der Waals surface area contributed by atoms with Crippen LogP contribution in [-0.4, -0.2) is 42.1 Å². The van der Waals surface area contributed by atoms with Crippen molar-refractivity contribution in [3.8, 4) is 0 Å². The normalized spacial score (nSPS) is 13.4. The van der Waals surface area contributed by atoms with Crippen molar-refractivity contribution in [3.05, 3.63) is 133 Å². The molecular formula is C38H46N2O5. The molecule has 0 spiro atoms. The molecule has 0 heterocycles. The van der Waals surface area contributed by atoms with Crippen LogP contribution in [0.3, 0.4) is 0 Å². The van der Waals surface area contributed by atoms with Gasteiger partial charge in [0.05, 0.1) is 30.5 Å². The summed E-state index contributed by atoms with van der Waals surface area (Å²) >= 11 is 0. The van der Waals surface area contributed by atoms with Crippen LogP contribution >= 0.6 is 0 Å². The maximum Gasteiger partial charge on any atom is 0.309 e. The summed E-state index contributed by atoms with van der Waals surface area (Å²) < 4.78 is 5.86. The van der Waals surface area contributed by atoms with Crippen molar-refractivity contribution in [1.29, 1.82) is 0 Å². The summed E-state index contributed by atoms with van der Waals surface area (Å²) in [5.74, 6) is -2.01. The van der Waals surface area contributed by atoms with Gasteiger partial charge >= 0.3 is 5.97 Å². The predicted molar refractivity (Wildman–Crippen MR) is 178 cm³/mol. The van der Waals surface area contributed by atoms with Gasteiger partial charge in [-0.05, 0) is 55.2 Å². The van der Waals surface area contributed by atoms with Gasteiger partial charge in [0.15, 0.2) is 0 Å². The van der Waals surface area contributed by atoms with Gasteiger partial charge in [-0.25, -0.2) is 0 Å². The van der Waals surface area contributed by atoms with Gasteiger partial charge in [-0.2, -0.15) is 0 Å². The number of carbonyl (C=O) groups excluding carboxylic acids is 3. The summed E-state index contributed by atoms with van der Waals surface area (Å²) in [6.07, 6.45) is 7.00. The van der Waals surface area contributed by atoms with E-state index in [-0.39, 0.29) is 49.8 Å². The van der Waals surface area contributed by atoms with Crippen molar-refractivity contribution in [2.75, 3.05) is 13.2 Å². The van der Waals surface area contributed by atoms with Crippen molar-refractivity contribution in [3.63, 3.8) is 0 Å². The number of benzene rings is 3. The first kappa shape index (κ1) is 35.0. The molecule has 0 aliphatic carbocycles. The lowest BCUT2D eigenvalue weighted by Gasteiger charge is -2.24. The third-order valence-electron chi connectivity index (χ3n) is 7.69. The smallest absolute Gasteiger partial charge is 0.309 e. The molecular weight excluding hydrogens is 564 g/mol. The van der Waals surface area contributed by atoms with E-state index in [1.807, 2.05) is 97.1 Å². The highest BCUT2D eigenvalue weighted by Crippen LogP contribution is 2.21.